The number of benzene rings is 3. The molecule has 0 aliphatic rings. The third-order valence-corrected chi connectivity index (χ3v) is 3.86. The summed E-state index contributed by atoms with van der Waals surface area (Å²) in [5.74, 6) is 0. The largest absolute Gasteiger partial charge is 0.381 e. The van der Waals surface area contributed by atoms with Crippen LogP contribution in [0.1, 0.15) is 5.56 Å². The summed E-state index contributed by atoms with van der Waals surface area (Å²) in [4.78, 5) is 3.22. The van der Waals surface area contributed by atoms with Crippen molar-refractivity contribution >= 4 is 27.4 Å². The Kier molecular flexibility index (Phi) is 2.86. The molecule has 4 rings (SSSR count). The van der Waals surface area contributed by atoms with Crippen molar-refractivity contribution in [1.29, 1.82) is 0 Å². The van der Waals surface area contributed by atoms with E-state index in [2.05, 4.69) is 77.0 Å². The normalized spacial score (nSPS) is 11.0. The molecule has 0 spiro atoms. The molecular weight excluding hydrogens is 256 g/mol. The molecule has 2 heteroatoms. The molecule has 102 valence electrons. The Balaban J connectivity index is 1.56. The van der Waals surface area contributed by atoms with Gasteiger partial charge in [0, 0.05) is 23.9 Å². The topological polar surface area (TPSA) is 27.8 Å². The summed E-state index contributed by atoms with van der Waals surface area (Å²) in [5, 5.41) is 7.30. The van der Waals surface area contributed by atoms with Gasteiger partial charge >= 0.3 is 0 Å². The standard InChI is InChI=1S/C19H16N2/c1-2-4-16-12-18(7-6-15(16)3-1)21-13-14-5-8-19-17(11-14)9-10-20-19/h1-12,20-21H,13H2. The van der Waals surface area contributed by atoms with E-state index in [4.69, 9.17) is 0 Å². The lowest BCUT2D eigenvalue weighted by molar-refractivity contribution is 1.16. The van der Waals surface area contributed by atoms with Gasteiger partial charge in [-0.25, -0.2) is 0 Å². The van der Waals surface area contributed by atoms with Gasteiger partial charge in [-0.2, -0.15) is 0 Å². The molecule has 0 unspecified atom stereocenters. The molecule has 1 aromatic heterocycles. The molecule has 0 saturated heterocycles. The Hall–Kier alpha value is -2.74. The highest BCUT2D eigenvalue weighted by Crippen LogP contribution is 2.20. The van der Waals surface area contributed by atoms with Crippen LogP contribution < -0.4 is 5.32 Å². The molecule has 3 aromatic carbocycles. The van der Waals surface area contributed by atoms with E-state index >= 15 is 0 Å². The lowest BCUT2D eigenvalue weighted by Gasteiger charge is -2.08. The van der Waals surface area contributed by atoms with E-state index in [-0.39, 0.29) is 0 Å². The van der Waals surface area contributed by atoms with Crippen molar-refractivity contribution in [3.63, 3.8) is 0 Å². The van der Waals surface area contributed by atoms with E-state index in [0.29, 0.717) is 0 Å². The van der Waals surface area contributed by atoms with E-state index in [9.17, 15) is 0 Å². The van der Waals surface area contributed by atoms with Crippen LogP contribution in [0.2, 0.25) is 0 Å². The second-order valence-electron chi connectivity index (χ2n) is 5.31. The number of aromatic amines is 1. The fraction of sp³-hybridized carbons (Fsp3) is 0.0526. The van der Waals surface area contributed by atoms with Crippen molar-refractivity contribution in [3.05, 3.63) is 78.5 Å². The van der Waals surface area contributed by atoms with Crippen LogP contribution in [0.25, 0.3) is 21.7 Å². The zero-order chi connectivity index (χ0) is 14.1. The SMILES string of the molecule is c1ccc2cc(NCc3ccc4[nH]ccc4c3)ccc2c1. The number of rotatable bonds is 3. The molecule has 0 bridgehead atoms. The van der Waals surface area contributed by atoms with E-state index in [1.54, 1.807) is 0 Å². The molecule has 4 aromatic rings. The average Bonchev–Trinajstić information content (AvgIpc) is 3.00. The van der Waals surface area contributed by atoms with Crippen LogP contribution in [-0.2, 0) is 6.54 Å². The number of fused-ring (bicyclic) bond motifs is 2. The van der Waals surface area contributed by atoms with Crippen molar-refractivity contribution in [1.82, 2.24) is 4.98 Å². The van der Waals surface area contributed by atoms with Crippen LogP contribution in [0.15, 0.2) is 72.9 Å². The van der Waals surface area contributed by atoms with Gasteiger partial charge in [0.05, 0.1) is 0 Å². The van der Waals surface area contributed by atoms with Crippen LogP contribution in [0.4, 0.5) is 5.69 Å². The van der Waals surface area contributed by atoms with Crippen molar-refractivity contribution in [2.24, 2.45) is 0 Å². The highest BCUT2D eigenvalue weighted by atomic mass is 14.9. The van der Waals surface area contributed by atoms with Gasteiger partial charge < -0.3 is 10.3 Å². The van der Waals surface area contributed by atoms with Crippen molar-refractivity contribution < 1.29 is 0 Å². The molecule has 0 saturated carbocycles. The van der Waals surface area contributed by atoms with E-state index < -0.39 is 0 Å². The fourth-order valence-electron chi connectivity index (χ4n) is 2.72. The highest BCUT2D eigenvalue weighted by molar-refractivity contribution is 5.85. The number of nitrogens with one attached hydrogen (secondary N) is 2. The van der Waals surface area contributed by atoms with Gasteiger partial charge in [-0.05, 0) is 52.1 Å². The molecule has 0 aliphatic carbocycles. The highest BCUT2D eigenvalue weighted by Gasteiger charge is 1.99. The van der Waals surface area contributed by atoms with Crippen LogP contribution >= 0.6 is 0 Å². The Bertz CT molecular complexity index is 905. The van der Waals surface area contributed by atoms with Gasteiger partial charge in [-0.15, -0.1) is 0 Å². The van der Waals surface area contributed by atoms with Gasteiger partial charge in [0.25, 0.3) is 0 Å². The maximum atomic E-state index is 3.50. The fourth-order valence-corrected chi connectivity index (χ4v) is 2.72. The minimum atomic E-state index is 0.833. The molecule has 2 nitrogen and oxygen atoms in total. The minimum Gasteiger partial charge on any atom is -0.381 e. The van der Waals surface area contributed by atoms with E-state index in [0.717, 1.165) is 12.2 Å². The molecular formula is C19H16N2. The Morgan fingerprint density at radius 3 is 2.62 bits per heavy atom. The number of hydrogen-bond donors (Lipinski definition) is 2. The van der Waals surface area contributed by atoms with Gasteiger partial charge in [0.2, 0.25) is 0 Å². The van der Waals surface area contributed by atoms with Gasteiger partial charge in [0.15, 0.2) is 0 Å². The molecule has 21 heavy (non-hydrogen) atoms. The maximum Gasteiger partial charge on any atom is 0.0454 e. The number of anilines is 1. The Morgan fingerprint density at radius 2 is 1.67 bits per heavy atom. The zero-order valence-electron chi connectivity index (χ0n) is 11.6. The number of H-pyrrole nitrogens is 1. The average molecular weight is 272 g/mol. The molecule has 2 N–H and O–H groups in total. The van der Waals surface area contributed by atoms with E-state index in [1.807, 2.05) is 6.20 Å². The lowest BCUT2D eigenvalue weighted by atomic mass is 10.1. The quantitative estimate of drug-likeness (QED) is 0.543. The smallest absolute Gasteiger partial charge is 0.0454 e. The molecule has 0 amide bonds. The molecule has 0 aliphatic heterocycles. The van der Waals surface area contributed by atoms with Crippen molar-refractivity contribution in [3.8, 4) is 0 Å². The Morgan fingerprint density at radius 1 is 0.762 bits per heavy atom. The van der Waals surface area contributed by atoms with E-state index in [1.165, 1.54) is 27.2 Å². The predicted molar refractivity (Wildman–Crippen MR) is 89.6 cm³/mol. The summed E-state index contributed by atoms with van der Waals surface area (Å²) >= 11 is 0. The predicted octanol–water partition coefficient (Wildman–Crippen LogP) is 4.93. The number of aromatic nitrogens is 1. The van der Waals surface area contributed by atoms with Crippen LogP contribution in [0.3, 0.4) is 0 Å². The van der Waals surface area contributed by atoms with Gasteiger partial charge in [0.1, 0.15) is 0 Å². The third-order valence-electron chi connectivity index (χ3n) is 3.86. The summed E-state index contributed by atoms with van der Waals surface area (Å²) in [5.41, 5.74) is 3.63. The molecule has 0 fully saturated rings. The number of hydrogen-bond acceptors (Lipinski definition) is 1. The van der Waals surface area contributed by atoms with Gasteiger partial charge in [-0.1, -0.05) is 36.4 Å². The van der Waals surface area contributed by atoms with Crippen molar-refractivity contribution in [2.45, 2.75) is 6.54 Å². The second kappa shape index (κ2) is 4.98. The Labute approximate surface area is 123 Å². The third kappa shape index (κ3) is 2.36. The lowest BCUT2D eigenvalue weighted by Crippen LogP contribution is -1.98. The first kappa shape index (κ1) is 12.0. The maximum absolute atomic E-state index is 3.50. The molecule has 1 heterocycles. The molecule has 0 atom stereocenters. The monoisotopic (exact) mass is 272 g/mol. The minimum absolute atomic E-state index is 0.833. The van der Waals surface area contributed by atoms with Crippen LogP contribution in [0.5, 0.6) is 0 Å². The first-order valence-electron chi connectivity index (χ1n) is 7.17. The second-order valence-corrected chi connectivity index (χ2v) is 5.31. The molecule has 0 radical (unpaired) electrons. The first-order chi connectivity index (χ1) is 10.4. The zero-order valence-corrected chi connectivity index (χ0v) is 11.6. The first-order valence-corrected chi connectivity index (χ1v) is 7.17. The van der Waals surface area contributed by atoms with Crippen LogP contribution in [-0.4, -0.2) is 4.98 Å². The van der Waals surface area contributed by atoms with Crippen LogP contribution in [0, 0.1) is 0 Å². The van der Waals surface area contributed by atoms with Crippen molar-refractivity contribution in [2.75, 3.05) is 5.32 Å². The van der Waals surface area contributed by atoms with Gasteiger partial charge in [-0.3, -0.25) is 0 Å². The summed E-state index contributed by atoms with van der Waals surface area (Å²) in [6, 6.07) is 23.5. The summed E-state index contributed by atoms with van der Waals surface area (Å²) in [6.07, 6.45) is 1.98. The summed E-state index contributed by atoms with van der Waals surface area (Å²) in [7, 11) is 0. The summed E-state index contributed by atoms with van der Waals surface area (Å²) < 4.78 is 0. The summed E-state index contributed by atoms with van der Waals surface area (Å²) in [6.45, 7) is 0.833.